The maximum absolute atomic E-state index is 12.0. The Kier molecular flexibility index (Phi) is 4.58. The molecule has 0 aliphatic rings. The summed E-state index contributed by atoms with van der Waals surface area (Å²) in [5.74, 6) is -0.332. The number of hydrogen-bond acceptors (Lipinski definition) is 4. The molecule has 0 N–H and O–H groups in total. The number of carbonyl (C=O) groups excluding carboxylic acids is 1. The molecule has 3 nitrogen and oxygen atoms in total. The molecule has 2 aromatic rings. The molecule has 0 spiro atoms. The van der Waals surface area contributed by atoms with Crippen LogP contribution >= 0.6 is 11.8 Å². The fraction of sp³-hybridized carbons (Fsp3) is 0.200. The lowest BCUT2D eigenvalue weighted by atomic mass is 10.1. The summed E-state index contributed by atoms with van der Waals surface area (Å²) < 4.78 is 5.08. The van der Waals surface area contributed by atoms with Gasteiger partial charge in [-0.05, 0) is 25.3 Å². The Labute approximate surface area is 117 Å². The van der Waals surface area contributed by atoms with Crippen molar-refractivity contribution in [1.82, 2.24) is 4.98 Å². The van der Waals surface area contributed by atoms with Crippen LogP contribution < -0.4 is 0 Å². The van der Waals surface area contributed by atoms with Gasteiger partial charge in [0.15, 0.2) is 0 Å². The Morgan fingerprint density at radius 3 is 2.58 bits per heavy atom. The maximum atomic E-state index is 12.0. The van der Waals surface area contributed by atoms with Crippen LogP contribution in [0.3, 0.4) is 0 Å². The van der Waals surface area contributed by atoms with Gasteiger partial charge < -0.3 is 4.74 Å². The standard InChI is InChI=1S/C15H15NO2S/c1-3-18-15(17)12-9-10-13(19-2)16-14(12)11-7-5-4-6-8-11/h4-10H,3H2,1-2H3. The fourth-order valence-electron chi connectivity index (χ4n) is 1.74. The first-order valence-electron chi connectivity index (χ1n) is 6.03. The third kappa shape index (κ3) is 3.15. The smallest absolute Gasteiger partial charge is 0.340 e. The summed E-state index contributed by atoms with van der Waals surface area (Å²) in [4.78, 5) is 16.5. The highest BCUT2D eigenvalue weighted by Gasteiger charge is 2.15. The number of aromatic nitrogens is 1. The van der Waals surface area contributed by atoms with Crippen molar-refractivity contribution in [2.24, 2.45) is 0 Å². The van der Waals surface area contributed by atoms with Crippen molar-refractivity contribution in [2.75, 3.05) is 12.9 Å². The second kappa shape index (κ2) is 6.38. The second-order valence-electron chi connectivity index (χ2n) is 3.84. The molecule has 0 saturated carbocycles. The van der Waals surface area contributed by atoms with E-state index < -0.39 is 0 Å². The van der Waals surface area contributed by atoms with Crippen LogP contribution in [0.5, 0.6) is 0 Å². The first-order chi connectivity index (χ1) is 9.26. The highest BCUT2D eigenvalue weighted by molar-refractivity contribution is 7.98. The molecule has 0 amide bonds. The minimum atomic E-state index is -0.332. The van der Waals surface area contributed by atoms with Crippen molar-refractivity contribution in [3.05, 3.63) is 48.0 Å². The molecule has 19 heavy (non-hydrogen) atoms. The molecule has 0 fully saturated rings. The molecule has 4 heteroatoms. The van der Waals surface area contributed by atoms with Crippen molar-refractivity contribution >= 4 is 17.7 Å². The average molecular weight is 273 g/mol. The van der Waals surface area contributed by atoms with Gasteiger partial charge in [-0.15, -0.1) is 11.8 Å². The van der Waals surface area contributed by atoms with Crippen LogP contribution in [0.4, 0.5) is 0 Å². The van der Waals surface area contributed by atoms with E-state index >= 15 is 0 Å². The van der Waals surface area contributed by atoms with Crippen LogP contribution in [0, 0.1) is 0 Å². The van der Waals surface area contributed by atoms with Crippen LogP contribution in [-0.4, -0.2) is 23.8 Å². The molecule has 1 aromatic carbocycles. The largest absolute Gasteiger partial charge is 0.462 e. The number of rotatable bonds is 4. The molecule has 0 aliphatic carbocycles. The molecule has 0 bridgehead atoms. The zero-order valence-corrected chi connectivity index (χ0v) is 11.7. The van der Waals surface area contributed by atoms with Crippen LogP contribution in [0.15, 0.2) is 47.5 Å². The van der Waals surface area contributed by atoms with Crippen molar-refractivity contribution < 1.29 is 9.53 Å². The predicted molar refractivity (Wildman–Crippen MR) is 77.4 cm³/mol. The topological polar surface area (TPSA) is 39.2 Å². The predicted octanol–water partition coefficient (Wildman–Crippen LogP) is 3.65. The third-order valence-corrected chi connectivity index (χ3v) is 3.27. The molecule has 0 unspecified atom stereocenters. The lowest BCUT2D eigenvalue weighted by Gasteiger charge is -2.09. The highest BCUT2D eigenvalue weighted by Crippen LogP contribution is 2.25. The lowest BCUT2D eigenvalue weighted by Crippen LogP contribution is -2.08. The van der Waals surface area contributed by atoms with E-state index in [-0.39, 0.29) is 5.97 Å². The number of thioether (sulfide) groups is 1. The average Bonchev–Trinajstić information content (AvgIpc) is 2.47. The van der Waals surface area contributed by atoms with Gasteiger partial charge in [0.1, 0.15) is 0 Å². The van der Waals surface area contributed by atoms with Gasteiger partial charge in [0.25, 0.3) is 0 Å². The molecule has 98 valence electrons. The van der Waals surface area contributed by atoms with Crippen molar-refractivity contribution in [3.63, 3.8) is 0 Å². The Hall–Kier alpha value is -1.81. The molecule has 0 radical (unpaired) electrons. The number of benzene rings is 1. The summed E-state index contributed by atoms with van der Waals surface area (Å²) in [5.41, 5.74) is 2.10. The van der Waals surface area contributed by atoms with Gasteiger partial charge in [-0.2, -0.15) is 0 Å². The molecule has 1 heterocycles. The zero-order valence-electron chi connectivity index (χ0n) is 10.9. The van der Waals surface area contributed by atoms with Gasteiger partial charge in [-0.1, -0.05) is 30.3 Å². The maximum Gasteiger partial charge on any atom is 0.340 e. The third-order valence-electron chi connectivity index (χ3n) is 2.62. The van der Waals surface area contributed by atoms with Gasteiger partial charge >= 0.3 is 5.97 Å². The molecular weight excluding hydrogens is 258 g/mol. The lowest BCUT2D eigenvalue weighted by molar-refractivity contribution is 0.0527. The molecule has 0 saturated heterocycles. The van der Waals surface area contributed by atoms with E-state index in [1.165, 1.54) is 0 Å². The van der Waals surface area contributed by atoms with Crippen molar-refractivity contribution in [1.29, 1.82) is 0 Å². The van der Waals surface area contributed by atoms with Crippen LogP contribution in [0.25, 0.3) is 11.3 Å². The van der Waals surface area contributed by atoms with Gasteiger partial charge in [0.2, 0.25) is 0 Å². The van der Waals surface area contributed by atoms with E-state index in [1.54, 1.807) is 24.8 Å². The SMILES string of the molecule is CCOC(=O)c1ccc(SC)nc1-c1ccccc1. The summed E-state index contributed by atoms with van der Waals surface area (Å²) in [6.07, 6.45) is 1.96. The number of pyridine rings is 1. The van der Waals surface area contributed by atoms with E-state index in [2.05, 4.69) is 4.98 Å². The molecule has 0 atom stereocenters. The van der Waals surface area contributed by atoms with Gasteiger partial charge in [-0.3, -0.25) is 0 Å². The number of esters is 1. The van der Waals surface area contributed by atoms with Crippen molar-refractivity contribution in [2.45, 2.75) is 11.9 Å². The quantitative estimate of drug-likeness (QED) is 0.629. The first kappa shape index (κ1) is 13.6. The Bertz CT molecular complexity index is 570. The van der Waals surface area contributed by atoms with E-state index in [0.717, 1.165) is 10.6 Å². The summed E-state index contributed by atoms with van der Waals surface area (Å²) in [6, 6.07) is 13.3. The molecular formula is C15H15NO2S. The van der Waals surface area contributed by atoms with Crippen LogP contribution in [-0.2, 0) is 4.74 Å². The Balaban J connectivity index is 2.52. The highest BCUT2D eigenvalue weighted by atomic mass is 32.2. The minimum absolute atomic E-state index is 0.332. The van der Waals surface area contributed by atoms with E-state index in [1.807, 2.05) is 42.7 Å². The normalized spacial score (nSPS) is 10.2. The number of nitrogens with zero attached hydrogens (tertiary/aromatic N) is 1. The van der Waals surface area contributed by atoms with Crippen LogP contribution in [0.1, 0.15) is 17.3 Å². The Morgan fingerprint density at radius 2 is 1.95 bits per heavy atom. The van der Waals surface area contributed by atoms with Gasteiger partial charge in [0, 0.05) is 5.56 Å². The summed E-state index contributed by atoms with van der Waals surface area (Å²) in [7, 11) is 0. The van der Waals surface area contributed by atoms with Gasteiger partial charge in [-0.25, -0.2) is 9.78 Å². The number of carbonyl (C=O) groups is 1. The molecule has 0 aliphatic heterocycles. The summed E-state index contributed by atoms with van der Waals surface area (Å²) >= 11 is 1.55. The van der Waals surface area contributed by atoms with E-state index in [4.69, 9.17) is 4.74 Å². The van der Waals surface area contributed by atoms with Crippen molar-refractivity contribution in [3.8, 4) is 11.3 Å². The zero-order chi connectivity index (χ0) is 13.7. The van der Waals surface area contributed by atoms with E-state index in [9.17, 15) is 4.79 Å². The summed E-state index contributed by atoms with van der Waals surface area (Å²) in [5, 5.41) is 0.881. The fourth-order valence-corrected chi connectivity index (χ4v) is 2.13. The number of hydrogen-bond donors (Lipinski definition) is 0. The first-order valence-corrected chi connectivity index (χ1v) is 7.26. The minimum Gasteiger partial charge on any atom is -0.462 e. The van der Waals surface area contributed by atoms with Crippen LogP contribution in [0.2, 0.25) is 0 Å². The number of ether oxygens (including phenoxy) is 1. The second-order valence-corrected chi connectivity index (χ2v) is 4.66. The van der Waals surface area contributed by atoms with Gasteiger partial charge in [0.05, 0.1) is 22.9 Å². The molecule has 2 rings (SSSR count). The summed E-state index contributed by atoms with van der Waals surface area (Å²) in [6.45, 7) is 2.15. The van der Waals surface area contributed by atoms with E-state index in [0.29, 0.717) is 17.9 Å². The monoisotopic (exact) mass is 273 g/mol. The Morgan fingerprint density at radius 1 is 1.21 bits per heavy atom. The molecule has 1 aromatic heterocycles.